The van der Waals surface area contributed by atoms with Crippen LogP contribution in [-0.4, -0.2) is 43.4 Å². The Hall–Kier alpha value is -2.86. The lowest BCUT2D eigenvalue weighted by atomic mass is 9.88. The molecule has 1 fully saturated rings. The number of carbonyl (C=O) groups excluding carboxylic acids is 1. The molecule has 1 saturated heterocycles. The van der Waals surface area contributed by atoms with Gasteiger partial charge in [-0.1, -0.05) is 23.2 Å². The van der Waals surface area contributed by atoms with Gasteiger partial charge in [0.25, 0.3) is 0 Å². The van der Waals surface area contributed by atoms with Crippen molar-refractivity contribution in [2.75, 3.05) is 31.7 Å². The lowest BCUT2D eigenvalue weighted by molar-refractivity contribution is 0.191. The maximum atomic E-state index is 14.3. The minimum Gasteiger partial charge on any atom is -0.490 e. The Morgan fingerprint density at radius 3 is 2.66 bits per heavy atom. The molecule has 0 spiro atoms. The van der Waals surface area contributed by atoms with Crippen LogP contribution in [0.2, 0.25) is 10.0 Å². The van der Waals surface area contributed by atoms with E-state index in [0.717, 1.165) is 5.39 Å². The van der Waals surface area contributed by atoms with Crippen LogP contribution in [0.5, 0.6) is 11.6 Å². The zero-order chi connectivity index (χ0) is 22.7. The molecule has 1 aromatic heterocycles. The number of isocyanates is 1. The van der Waals surface area contributed by atoms with Gasteiger partial charge in [0.2, 0.25) is 12.0 Å². The number of ether oxygens (including phenoxy) is 2. The minimum absolute atomic E-state index is 0.169. The molecule has 0 atom stereocenters. The molecule has 0 unspecified atom stereocenters. The van der Waals surface area contributed by atoms with E-state index in [-0.39, 0.29) is 12.4 Å². The Balaban J connectivity index is 1.53. The molecule has 0 radical (unpaired) electrons. The Labute approximate surface area is 194 Å². The number of rotatable bonds is 6. The number of piperidine rings is 1. The summed E-state index contributed by atoms with van der Waals surface area (Å²) >= 11 is 12.2. The van der Waals surface area contributed by atoms with Crippen molar-refractivity contribution >= 4 is 45.9 Å². The Morgan fingerprint density at radius 1 is 1.19 bits per heavy atom. The summed E-state index contributed by atoms with van der Waals surface area (Å²) in [5.41, 5.74) is 0.278. The number of fused-ring (bicyclic) bond motifs is 1. The van der Waals surface area contributed by atoms with Crippen LogP contribution in [0.3, 0.4) is 0 Å². The standard InChI is InChI=1S/C23H20Cl2FN3O3/c1-31-21-7-3-16-20(6-4-17(25)22(16)28-21)32-13-23(27-14-30)8-10-29(11-9-23)19-5-2-15(24)12-18(19)26/h2-7,12H,8-11,13H2,1H3. The molecule has 0 saturated carbocycles. The number of aromatic nitrogens is 1. The molecule has 6 nitrogen and oxygen atoms in total. The average molecular weight is 476 g/mol. The molecule has 2 heterocycles. The monoisotopic (exact) mass is 475 g/mol. The molecule has 9 heteroatoms. The SMILES string of the molecule is COc1ccc2c(OCC3(N=C=O)CCN(c4ccc(Cl)cc4F)CC3)ccc(Cl)c2n1. The van der Waals surface area contributed by atoms with Crippen LogP contribution in [0.1, 0.15) is 12.8 Å². The van der Waals surface area contributed by atoms with Gasteiger partial charge in [0, 0.05) is 29.6 Å². The van der Waals surface area contributed by atoms with Crippen molar-refractivity contribution in [1.82, 2.24) is 4.98 Å². The minimum atomic E-state index is -0.757. The molecule has 0 N–H and O–H groups in total. The van der Waals surface area contributed by atoms with Gasteiger partial charge >= 0.3 is 0 Å². The fraction of sp³-hybridized carbons (Fsp3) is 0.304. The maximum absolute atomic E-state index is 14.3. The third-order valence-corrected chi connectivity index (χ3v) is 6.22. The van der Waals surface area contributed by atoms with E-state index in [1.54, 1.807) is 36.4 Å². The van der Waals surface area contributed by atoms with Crippen LogP contribution in [0.4, 0.5) is 10.1 Å². The van der Waals surface area contributed by atoms with E-state index in [1.807, 2.05) is 11.0 Å². The number of nitrogens with zero attached hydrogens (tertiary/aromatic N) is 3. The molecule has 0 bridgehead atoms. The van der Waals surface area contributed by atoms with Gasteiger partial charge in [-0.25, -0.2) is 14.2 Å². The van der Waals surface area contributed by atoms with Crippen molar-refractivity contribution in [2.45, 2.75) is 18.4 Å². The van der Waals surface area contributed by atoms with E-state index < -0.39 is 5.54 Å². The molecular weight excluding hydrogens is 456 g/mol. The number of methoxy groups -OCH3 is 1. The summed E-state index contributed by atoms with van der Waals surface area (Å²) in [7, 11) is 1.53. The van der Waals surface area contributed by atoms with Gasteiger partial charge in [-0.05, 0) is 49.2 Å². The second-order valence-electron chi connectivity index (χ2n) is 7.59. The highest BCUT2D eigenvalue weighted by Crippen LogP contribution is 2.35. The summed E-state index contributed by atoms with van der Waals surface area (Å²) in [6, 6.07) is 11.6. The molecule has 1 aliphatic heterocycles. The van der Waals surface area contributed by atoms with Gasteiger partial charge in [-0.3, -0.25) is 0 Å². The number of pyridine rings is 1. The molecular formula is C23H20Cl2FN3O3. The van der Waals surface area contributed by atoms with Crippen molar-refractivity contribution in [2.24, 2.45) is 4.99 Å². The second kappa shape index (κ2) is 9.33. The van der Waals surface area contributed by atoms with Crippen molar-refractivity contribution < 1.29 is 18.7 Å². The molecule has 2 aromatic carbocycles. The van der Waals surface area contributed by atoms with Crippen LogP contribution in [0.25, 0.3) is 10.9 Å². The normalized spacial score (nSPS) is 15.3. The first kappa shape index (κ1) is 22.3. The first-order chi connectivity index (χ1) is 15.4. The molecule has 166 valence electrons. The summed E-state index contributed by atoms with van der Waals surface area (Å²) in [4.78, 5) is 21.6. The number of anilines is 1. The van der Waals surface area contributed by atoms with Crippen molar-refractivity contribution in [3.05, 3.63) is 58.3 Å². The van der Waals surface area contributed by atoms with E-state index in [9.17, 15) is 9.18 Å². The Morgan fingerprint density at radius 2 is 1.97 bits per heavy atom. The molecule has 4 rings (SSSR count). The Kier molecular flexibility index (Phi) is 6.51. The molecule has 0 amide bonds. The quantitative estimate of drug-likeness (QED) is 0.350. The highest BCUT2D eigenvalue weighted by molar-refractivity contribution is 6.35. The molecule has 0 aliphatic carbocycles. The van der Waals surface area contributed by atoms with E-state index in [1.165, 1.54) is 13.2 Å². The summed E-state index contributed by atoms with van der Waals surface area (Å²) in [5, 5.41) is 1.55. The highest BCUT2D eigenvalue weighted by Gasteiger charge is 2.36. The number of aliphatic imine (C=N–C) groups is 1. The van der Waals surface area contributed by atoms with E-state index in [4.69, 9.17) is 32.7 Å². The second-order valence-corrected chi connectivity index (χ2v) is 8.44. The molecule has 32 heavy (non-hydrogen) atoms. The van der Waals surface area contributed by atoms with Crippen LogP contribution in [0, 0.1) is 5.82 Å². The fourth-order valence-corrected chi connectivity index (χ4v) is 4.24. The van der Waals surface area contributed by atoms with Gasteiger partial charge in [0.15, 0.2) is 0 Å². The third kappa shape index (κ3) is 4.51. The number of halogens is 3. The van der Waals surface area contributed by atoms with Crippen molar-refractivity contribution in [1.29, 1.82) is 0 Å². The zero-order valence-corrected chi connectivity index (χ0v) is 18.8. The van der Waals surface area contributed by atoms with Gasteiger partial charge < -0.3 is 14.4 Å². The van der Waals surface area contributed by atoms with E-state index in [2.05, 4.69) is 9.98 Å². The van der Waals surface area contributed by atoms with Crippen LogP contribution in [-0.2, 0) is 4.79 Å². The van der Waals surface area contributed by atoms with Gasteiger partial charge in [-0.15, -0.1) is 0 Å². The zero-order valence-electron chi connectivity index (χ0n) is 17.3. The van der Waals surface area contributed by atoms with E-state index >= 15 is 0 Å². The van der Waals surface area contributed by atoms with Crippen LogP contribution < -0.4 is 14.4 Å². The maximum Gasteiger partial charge on any atom is 0.235 e. The summed E-state index contributed by atoms with van der Waals surface area (Å²) in [6.45, 7) is 1.18. The van der Waals surface area contributed by atoms with Crippen molar-refractivity contribution in [3.8, 4) is 11.6 Å². The third-order valence-electron chi connectivity index (χ3n) is 5.68. The highest BCUT2D eigenvalue weighted by atomic mass is 35.5. The van der Waals surface area contributed by atoms with Crippen LogP contribution >= 0.6 is 23.2 Å². The summed E-state index contributed by atoms with van der Waals surface area (Å²) < 4.78 is 25.6. The smallest absolute Gasteiger partial charge is 0.235 e. The Bertz CT molecular complexity index is 1190. The lowest BCUT2D eigenvalue weighted by Gasteiger charge is -2.39. The summed E-state index contributed by atoms with van der Waals surface area (Å²) in [6.07, 6.45) is 2.69. The lowest BCUT2D eigenvalue weighted by Crippen LogP contribution is -2.47. The van der Waals surface area contributed by atoms with Gasteiger partial charge in [0.05, 0.1) is 23.3 Å². The van der Waals surface area contributed by atoms with Gasteiger partial charge in [-0.2, -0.15) is 4.99 Å². The number of hydrogen-bond donors (Lipinski definition) is 0. The largest absolute Gasteiger partial charge is 0.490 e. The fourth-order valence-electron chi connectivity index (χ4n) is 3.88. The van der Waals surface area contributed by atoms with Crippen molar-refractivity contribution in [3.63, 3.8) is 0 Å². The molecule has 1 aliphatic rings. The first-order valence-electron chi connectivity index (χ1n) is 10.00. The van der Waals surface area contributed by atoms with E-state index in [0.29, 0.717) is 58.8 Å². The number of hydrogen-bond acceptors (Lipinski definition) is 6. The summed E-state index contributed by atoms with van der Waals surface area (Å²) in [5.74, 6) is 0.641. The molecule has 3 aromatic rings. The van der Waals surface area contributed by atoms with Gasteiger partial charge in [0.1, 0.15) is 23.7 Å². The predicted molar refractivity (Wildman–Crippen MR) is 123 cm³/mol. The predicted octanol–water partition coefficient (Wildman–Crippen LogP) is 5.44. The average Bonchev–Trinajstić information content (AvgIpc) is 2.80. The number of benzene rings is 2. The first-order valence-corrected chi connectivity index (χ1v) is 10.8. The van der Waals surface area contributed by atoms with Crippen LogP contribution in [0.15, 0.2) is 47.5 Å². The topological polar surface area (TPSA) is 64.0 Å².